The lowest BCUT2D eigenvalue weighted by molar-refractivity contribution is -0.141. The van der Waals surface area contributed by atoms with Gasteiger partial charge in [-0.1, -0.05) is 12.1 Å². The van der Waals surface area contributed by atoms with E-state index < -0.39 is 17.9 Å². The summed E-state index contributed by atoms with van der Waals surface area (Å²) in [4.78, 5) is 25.8. The first-order valence-electron chi connectivity index (χ1n) is 8.88. The van der Waals surface area contributed by atoms with Crippen molar-refractivity contribution in [2.24, 2.45) is 0 Å². The average molecular weight is 404 g/mol. The topological polar surface area (TPSA) is 115 Å². The zero-order chi connectivity index (χ0) is 20.4. The molecule has 1 fully saturated rings. The van der Waals surface area contributed by atoms with Crippen LogP contribution < -0.4 is 15.5 Å². The van der Waals surface area contributed by atoms with Crippen LogP contribution in [0, 0.1) is 11.3 Å². The molecular formula is C19H24N4O4S. The molecule has 0 bridgehead atoms. The summed E-state index contributed by atoms with van der Waals surface area (Å²) in [6.07, 6.45) is 3.45. The predicted octanol–water partition coefficient (Wildman–Crippen LogP) is 1.67. The smallest absolute Gasteiger partial charge is 0.326 e. The zero-order valence-corrected chi connectivity index (χ0v) is 16.5. The van der Waals surface area contributed by atoms with Crippen molar-refractivity contribution >= 4 is 35.0 Å². The SMILES string of the molecule is CSCCC(NC(=O)/C(C#N)=C\Nc1ccccc1N1CCOCC1)C(=O)O. The second kappa shape index (κ2) is 11.2. The number of anilines is 2. The summed E-state index contributed by atoms with van der Waals surface area (Å²) in [6, 6.07) is 8.38. The van der Waals surface area contributed by atoms with Crippen LogP contribution in [-0.4, -0.2) is 61.3 Å². The van der Waals surface area contributed by atoms with E-state index in [9.17, 15) is 20.0 Å². The molecule has 0 radical (unpaired) electrons. The van der Waals surface area contributed by atoms with Crippen molar-refractivity contribution in [2.75, 3.05) is 48.5 Å². The summed E-state index contributed by atoms with van der Waals surface area (Å²) in [7, 11) is 0. The molecule has 9 heteroatoms. The van der Waals surface area contributed by atoms with Crippen molar-refractivity contribution in [3.8, 4) is 6.07 Å². The van der Waals surface area contributed by atoms with Crippen LogP contribution in [0.1, 0.15) is 6.42 Å². The normalized spacial score (nSPS) is 15.4. The van der Waals surface area contributed by atoms with E-state index in [4.69, 9.17) is 4.74 Å². The van der Waals surface area contributed by atoms with Crippen molar-refractivity contribution < 1.29 is 19.4 Å². The summed E-state index contributed by atoms with van der Waals surface area (Å²) in [5.74, 6) is -1.24. The summed E-state index contributed by atoms with van der Waals surface area (Å²) in [6.45, 7) is 2.79. The molecular weight excluding hydrogens is 380 g/mol. The van der Waals surface area contributed by atoms with Gasteiger partial charge in [0.25, 0.3) is 5.91 Å². The number of carbonyl (C=O) groups excluding carboxylic acids is 1. The number of amides is 1. The van der Waals surface area contributed by atoms with Crippen LogP contribution in [0.25, 0.3) is 0 Å². The number of benzene rings is 1. The molecule has 1 aliphatic rings. The molecule has 1 unspecified atom stereocenters. The minimum Gasteiger partial charge on any atom is -0.480 e. The summed E-state index contributed by atoms with van der Waals surface area (Å²) >= 11 is 1.49. The molecule has 1 aromatic rings. The van der Waals surface area contributed by atoms with E-state index in [1.165, 1.54) is 18.0 Å². The van der Waals surface area contributed by atoms with Gasteiger partial charge in [-0.3, -0.25) is 4.79 Å². The van der Waals surface area contributed by atoms with Crippen LogP contribution in [0.2, 0.25) is 0 Å². The second-order valence-corrected chi connectivity index (χ2v) is 7.06. The van der Waals surface area contributed by atoms with Gasteiger partial charge in [0.2, 0.25) is 0 Å². The Morgan fingerprint density at radius 3 is 2.75 bits per heavy atom. The monoisotopic (exact) mass is 404 g/mol. The number of nitrogens with one attached hydrogen (secondary N) is 2. The van der Waals surface area contributed by atoms with E-state index in [1.807, 2.05) is 36.6 Å². The first-order valence-corrected chi connectivity index (χ1v) is 10.3. The Hall–Kier alpha value is -2.70. The number of nitriles is 1. The number of hydrogen-bond donors (Lipinski definition) is 3. The summed E-state index contributed by atoms with van der Waals surface area (Å²) < 4.78 is 5.37. The van der Waals surface area contributed by atoms with Gasteiger partial charge in [0.05, 0.1) is 24.6 Å². The Balaban J connectivity index is 2.09. The van der Waals surface area contributed by atoms with Gasteiger partial charge in [0.15, 0.2) is 0 Å². The van der Waals surface area contributed by atoms with Crippen LogP contribution in [0.15, 0.2) is 36.0 Å². The van der Waals surface area contributed by atoms with E-state index in [0.29, 0.717) is 19.0 Å². The lowest BCUT2D eigenvalue weighted by Gasteiger charge is -2.30. The van der Waals surface area contributed by atoms with Crippen LogP contribution >= 0.6 is 11.8 Å². The number of hydrogen-bond acceptors (Lipinski definition) is 7. The number of carboxylic acid groups (broad SMARTS) is 1. The first-order chi connectivity index (χ1) is 13.6. The molecule has 0 saturated carbocycles. The van der Waals surface area contributed by atoms with Crippen molar-refractivity contribution in [1.29, 1.82) is 5.26 Å². The zero-order valence-electron chi connectivity index (χ0n) is 15.7. The number of morpholine rings is 1. The molecule has 1 amide bonds. The molecule has 8 nitrogen and oxygen atoms in total. The van der Waals surface area contributed by atoms with Gasteiger partial charge in [-0.05, 0) is 30.6 Å². The number of nitrogens with zero attached hydrogens (tertiary/aromatic N) is 2. The summed E-state index contributed by atoms with van der Waals surface area (Å²) in [5, 5.41) is 24.0. The van der Waals surface area contributed by atoms with E-state index in [1.54, 1.807) is 0 Å². The highest BCUT2D eigenvalue weighted by atomic mass is 32.2. The van der Waals surface area contributed by atoms with E-state index in [0.717, 1.165) is 24.5 Å². The van der Waals surface area contributed by atoms with Crippen LogP contribution in [-0.2, 0) is 14.3 Å². The minimum absolute atomic E-state index is 0.188. The molecule has 1 aliphatic heterocycles. The van der Waals surface area contributed by atoms with E-state index in [-0.39, 0.29) is 12.0 Å². The van der Waals surface area contributed by atoms with Gasteiger partial charge >= 0.3 is 5.97 Å². The van der Waals surface area contributed by atoms with Crippen molar-refractivity contribution in [2.45, 2.75) is 12.5 Å². The fourth-order valence-electron chi connectivity index (χ4n) is 2.70. The quantitative estimate of drug-likeness (QED) is 0.421. The number of para-hydroxylation sites is 2. The van der Waals surface area contributed by atoms with Crippen molar-refractivity contribution in [1.82, 2.24) is 5.32 Å². The third-order valence-corrected chi connectivity index (χ3v) is 4.85. The van der Waals surface area contributed by atoms with E-state index >= 15 is 0 Å². The molecule has 1 atom stereocenters. The van der Waals surface area contributed by atoms with E-state index in [2.05, 4.69) is 15.5 Å². The molecule has 28 heavy (non-hydrogen) atoms. The molecule has 150 valence electrons. The third-order valence-electron chi connectivity index (χ3n) is 4.21. The van der Waals surface area contributed by atoms with Crippen molar-refractivity contribution in [3.05, 3.63) is 36.0 Å². The van der Waals surface area contributed by atoms with Gasteiger partial charge in [0, 0.05) is 19.3 Å². The molecule has 3 N–H and O–H groups in total. The predicted molar refractivity (Wildman–Crippen MR) is 109 cm³/mol. The van der Waals surface area contributed by atoms with Gasteiger partial charge in [-0.2, -0.15) is 17.0 Å². The molecule has 1 saturated heterocycles. The highest BCUT2D eigenvalue weighted by Gasteiger charge is 2.21. The van der Waals surface area contributed by atoms with Gasteiger partial charge in [0.1, 0.15) is 17.7 Å². The lowest BCUT2D eigenvalue weighted by Crippen LogP contribution is -2.41. The number of aliphatic carboxylic acids is 1. The first kappa shape index (κ1) is 21.6. The fraction of sp³-hybridized carbons (Fsp3) is 0.421. The molecule has 0 spiro atoms. The molecule has 1 heterocycles. The molecule has 2 rings (SSSR count). The Bertz CT molecular complexity index is 757. The Kier molecular flexibility index (Phi) is 8.65. The Morgan fingerprint density at radius 2 is 2.11 bits per heavy atom. The van der Waals surface area contributed by atoms with Crippen LogP contribution in [0.5, 0.6) is 0 Å². The highest BCUT2D eigenvalue weighted by Crippen LogP contribution is 2.26. The molecule has 0 aromatic heterocycles. The number of ether oxygens (including phenoxy) is 1. The maximum atomic E-state index is 12.3. The number of carboxylic acids is 1. The fourth-order valence-corrected chi connectivity index (χ4v) is 3.17. The van der Waals surface area contributed by atoms with Crippen molar-refractivity contribution in [3.63, 3.8) is 0 Å². The number of thioether (sulfide) groups is 1. The summed E-state index contributed by atoms with van der Waals surface area (Å²) in [5.41, 5.74) is 1.51. The Labute approximate surface area is 168 Å². The standard InChI is InChI=1S/C19H24N4O4S/c1-28-11-6-16(19(25)26)22-18(24)14(12-20)13-21-15-4-2-3-5-17(15)23-7-9-27-10-8-23/h2-5,13,16,21H,6-11H2,1H3,(H,22,24)(H,25,26)/b14-13-. The molecule has 1 aromatic carbocycles. The number of rotatable bonds is 9. The maximum Gasteiger partial charge on any atom is 0.326 e. The maximum absolute atomic E-state index is 12.3. The minimum atomic E-state index is -1.12. The molecule has 0 aliphatic carbocycles. The number of carbonyl (C=O) groups is 2. The van der Waals surface area contributed by atoms with Crippen LogP contribution in [0.3, 0.4) is 0 Å². The third kappa shape index (κ3) is 6.18. The van der Waals surface area contributed by atoms with Gasteiger partial charge < -0.3 is 25.4 Å². The largest absolute Gasteiger partial charge is 0.480 e. The lowest BCUT2D eigenvalue weighted by atomic mass is 10.2. The van der Waals surface area contributed by atoms with Gasteiger partial charge in [-0.25, -0.2) is 4.79 Å². The Morgan fingerprint density at radius 1 is 1.39 bits per heavy atom. The highest BCUT2D eigenvalue weighted by molar-refractivity contribution is 7.98. The second-order valence-electron chi connectivity index (χ2n) is 6.08. The van der Waals surface area contributed by atoms with Gasteiger partial charge in [-0.15, -0.1) is 0 Å². The van der Waals surface area contributed by atoms with Crippen LogP contribution in [0.4, 0.5) is 11.4 Å². The average Bonchev–Trinajstić information content (AvgIpc) is 2.72.